The summed E-state index contributed by atoms with van der Waals surface area (Å²) in [5.74, 6) is 0. The van der Waals surface area contributed by atoms with Gasteiger partial charge in [0.15, 0.2) is 6.10 Å². The van der Waals surface area contributed by atoms with Crippen LogP contribution >= 0.6 is 0 Å². The van der Waals surface area contributed by atoms with Gasteiger partial charge >= 0.3 is 6.18 Å². The monoisotopic (exact) mass is 413 g/mol. The number of benzene rings is 3. The second kappa shape index (κ2) is 10.4. The standard InChI is InChI=1S/C25H26F3NO/c26-25(27,28)24(30)23(17-16-20-10-4-1-5-11-20)29(18-21-12-6-2-7-13-21)19-22-14-8-3-9-15-22/h1-15,23-24,30H,16-19H2/t23-,24-/m0/s1. The van der Waals surface area contributed by atoms with Crippen LogP contribution in [0.25, 0.3) is 0 Å². The average molecular weight is 413 g/mol. The summed E-state index contributed by atoms with van der Waals surface area (Å²) in [5.41, 5.74) is 2.77. The van der Waals surface area contributed by atoms with Crippen molar-refractivity contribution in [3.05, 3.63) is 108 Å². The molecule has 0 saturated heterocycles. The molecule has 0 aliphatic carbocycles. The van der Waals surface area contributed by atoms with Crippen LogP contribution in [0, 0.1) is 0 Å². The van der Waals surface area contributed by atoms with Gasteiger partial charge in [0.1, 0.15) is 0 Å². The van der Waals surface area contributed by atoms with Crippen molar-refractivity contribution >= 4 is 0 Å². The molecule has 0 amide bonds. The van der Waals surface area contributed by atoms with Crippen LogP contribution in [0.5, 0.6) is 0 Å². The molecule has 3 aromatic rings. The molecular weight excluding hydrogens is 387 g/mol. The van der Waals surface area contributed by atoms with Gasteiger partial charge in [-0.2, -0.15) is 13.2 Å². The molecule has 0 radical (unpaired) electrons. The Morgan fingerprint density at radius 2 is 1.07 bits per heavy atom. The van der Waals surface area contributed by atoms with Crippen molar-refractivity contribution in [1.29, 1.82) is 0 Å². The number of aryl methyl sites for hydroxylation is 1. The Labute approximate surface area is 175 Å². The molecule has 0 unspecified atom stereocenters. The summed E-state index contributed by atoms with van der Waals surface area (Å²) in [6.45, 7) is 0.644. The lowest BCUT2D eigenvalue weighted by Crippen LogP contribution is -2.49. The van der Waals surface area contributed by atoms with Gasteiger partial charge in [-0.25, -0.2) is 0 Å². The van der Waals surface area contributed by atoms with E-state index in [0.717, 1.165) is 16.7 Å². The van der Waals surface area contributed by atoms with Gasteiger partial charge in [0, 0.05) is 19.1 Å². The zero-order valence-corrected chi connectivity index (χ0v) is 16.7. The first-order chi connectivity index (χ1) is 14.4. The first-order valence-electron chi connectivity index (χ1n) is 10.0. The maximum absolute atomic E-state index is 13.6. The summed E-state index contributed by atoms with van der Waals surface area (Å²) in [4.78, 5) is 1.74. The lowest BCUT2D eigenvalue weighted by atomic mass is 9.97. The van der Waals surface area contributed by atoms with E-state index in [1.165, 1.54) is 0 Å². The third kappa shape index (κ3) is 6.44. The second-order valence-corrected chi connectivity index (χ2v) is 7.45. The molecule has 0 fully saturated rings. The van der Waals surface area contributed by atoms with E-state index in [2.05, 4.69) is 0 Å². The maximum atomic E-state index is 13.6. The smallest absolute Gasteiger partial charge is 0.382 e. The predicted octanol–water partition coefficient (Wildman–Crippen LogP) is 5.61. The Balaban J connectivity index is 1.88. The van der Waals surface area contributed by atoms with Crippen molar-refractivity contribution in [1.82, 2.24) is 4.90 Å². The summed E-state index contributed by atoms with van der Waals surface area (Å²) < 4.78 is 40.8. The van der Waals surface area contributed by atoms with Crippen LogP contribution in [0.3, 0.4) is 0 Å². The minimum Gasteiger partial charge on any atom is -0.382 e. The topological polar surface area (TPSA) is 23.5 Å². The van der Waals surface area contributed by atoms with Crippen molar-refractivity contribution < 1.29 is 18.3 Å². The molecular formula is C25H26F3NO. The third-order valence-electron chi connectivity index (χ3n) is 5.20. The van der Waals surface area contributed by atoms with E-state index in [-0.39, 0.29) is 6.42 Å². The van der Waals surface area contributed by atoms with E-state index >= 15 is 0 Å². The molecule has 0 saturated carbocycles. The maximum Gasteiger partial charge on any atom is 0.415 e. The summed E-state index contributed by atoms with van der Waals surface area (Å²) in [7, 11) is 0. The lowest BCUT2D eigenvalue weighted by molar-refractivity contribution is -0.223. The third-order valence-corrected chi connectivity index (χ3v) is 5.20. The van der Waals surface area contributed by atoms with Crippen molar-refractivity contribution in [3.8, 4) is 0 Å². The normalized spacial score (nSPS) is 13.9. The molecule has 2 atom stereocenters. The van der Waals surface area contributed by atoms with Gasteiger partial charge in [0.2, 0.25) is 0 Å². The van der Waals surface area contributed by atoms with Gasteiger partial charge in [0.25, 0.3) is 0 Å². The number of aliphatic hydroxyl groups excluding tert-OH is 1. The highest BCUT2D eigenvalue weighted by Crippen LogP contribution is 2.29. The number of rotatable bonds is 9. The second-order valence-electron chi connectivity index (χ2n) is 7.45. The van der Waals surface area contributed by atoms with Crippen LogP contribution in [0.1, 0.15) is 23.1 Å². The molecule has 3 aromatic carbocycles. The number of hydrogen-bond donors (Lipinski definition) is 1. The van der Waals surface area contributed by atoms with Gasteiger partial charge in [-0.05, 0) is 29.5 Å². The number of nitrogens with zero attached hydrogens (tertiary/aromatic N) is 1. The Kier molecular flexibility index (Phi) is 7.66. The molecule has 0 heterocycles. The molecule has 0 aliphatic heterocycles. The van der Waals surface area contributed by atoms with Crippen LogP contribution in [-0.4, -0.2) is 28.3 Å². The van der Waals surface area contributed by atoms with Crippen LogP contribution in [-0.2, 0) is 19.5 Å². The van der Waals surface area contributed by atoms with Gasteiger partial charge in [-0.15, -0.1) is 0 Å². The number of halogens is 3. The first-order valence-corrected chi connectivity index (χ1v) is 10.0. The van der Waals surface area contributed by atoms with Crippen LogP contribution in [0.2, 0.25) is 0 Å². The summed E-state index contributed by atoms with van der Waals surface area (Å²) in [6, 6.07) is 27.2. The Morgan fingerprint density at radius 1 is 0.667 bits per heavy atom. The van der Waals surface area contributed by atoms with E-state index in [4.69, 9.17) is 0 Å². The highest BCUT2D eigenvalue weighted by Gasteiger charge is 2.45. The highest BCUT2D eigenvalue weighted by molar-refractivity contribution is 5.18. The van der Waals surface area contributed by atoms with E-state index in [1.54, 1.807) is 4.90 Å². The lowest BCUT2D eigenvalue weighted by Gasteiger charge is -2.36. The Bertz CT molecular complexity index is 828. The molecule has 5 heteroatoms. The number of hydrogen-bond acceptors (Lipinski definition) is 2. The fourth-order valence-electron chi connectivity index (χ4n) is 3.64. The molecule has 0 aromatic heterocycles. The molecule has 0 bridgehead atoms. The fourth-order valence-corrected chi connectivity index (χ4v) is 3.64. The summed E-state index contributed by atoms with van der Waals surface area (Å²) in [6.07, 6.45) is -6.45. The molecule has 158 valence electrons. The van der Waals surface area contributed by atoms with Gasteiger partial charge in [-0.3, -0.25) is 4.90 Å². The SMILES string of the molecule is O[C@@H]([C@H](CCc1ccccc1)N(Cc1ccccc1)Cc1ccccc1)C(F)(F)F. The first kappa shape index (κ1) is 22.1. The summed E-state index contributed by atoms with van der Waals surface area (Å²) >= 11 is 0. The fraction of sp³-hybridized carbons (Fsp3) is 0.280. The van der Waals surface area contributed by atoms with Crippen molar-refractivity contribution in [3.63, 3.8) is 0 Å². The van der Waals surface area contributed by atoms with Crippen LogP contribution < -0.4 is 0 Å². The van der Waals surface area contributed by atoms with Gasteiger partial charge < -0.3 is 5.11 Å². The largest absolute Gasteiger partial charge is 0.415 e. The quantitative estimate of drug-likeness (QED) is 0.493. The Morgan fingerprint density at radius 3 is 1.47 bits per heavy atom. The molecule has 1 N–H and O–H groups in total. The molecule has 30 heavy (non-hydrogen) atoms. The van der Waals surface area contributed by atoms with E-state index in [9.17, 15) is 18.3 Å². The molecule has 0 spiro atoms. The summed E-state index contributed by atoms with van der Waals surface area (Å²) in [5, 5.41) is 10.3. The average Bonchev–Trinajstić information content (AvgIpc) is 2.75. The van der Waals surface area contributed by atoms with Gasteiger partial charge in [0.05, 0.1) is 0 Å². The molecule has 0 aliphatic rings. The van der Waals surface area contributed by atoms with Crippen molar-refractivity contribution in [2.45, 2.75) is 44.3 Å². The Hall–Kier alpha value is -2.63. The van der Waals surface area contributed by atoms with Crippen LogP contribution in [0.15, 0.2) is 91.0 Å². The van der Waals surface area contributed by atoms with Crippen LogP contribution in [0.4, 0.5) is 13.2 Å². The molecule has 2 nitrogen and oxygen atoms in total. The number of aliphatic hydroxyl groups is 1. The van der Waals surface area contributed by atoms with Gasteiger partial charge in [-0.1, -0.05) is 91.0 Å². The highest BCUT2D eigenvalue weighted by atomic mass is 19.4. The zero-order valence-electron chi connectivity index (χ0n) is 16.7. The molecule has 3 rings (SSSR count). The van der Waals surface area contributed by atoms with E-state index < -0.39 is 18.3 Å². The number of alkyl halides is 3. The van der Waals surface area contributed by atoms with E-state index in [0.29, 0.717) is 19.5 Å². The van der Waals surface area contributed by atoms with E-state index in [1.807, 2.05) is 91.0 Å². The minimum absolute atomic E-state index is 0.199. The van der Waals surface area contributed by atoms with Crippen molar-refractivity contribution in [2.24, 2.45) is 0 Å². The minimum atomic E-state index is -4.69. The predicted molar refractivity (Wildman–Crippen MR) is 113 cm³/mol. The van der Waals surface area contributed by atoms with Crippen molar-refractivity contribution in [2.75, 3.05) is 0 Å². The zero-order chi connectivity index (χ0) is 21.4.